The molecule has 1 unspecified atom stereocenters. The summed E-state index contributed by atoms with van der Waals surface area (Å²) in [6.07, 6.45) is 3.83. The minimum atomic E-state index is 0.0614. The number of nitrogen functional groups attached to an aromatic ring is 1. The smallest absolute Gasteiger partial charge is 0.224 e. The van der Waals surface area contributed by atoms with Crippen molar-refractivity contribution in [3.8, 4) is 0 Å². The Labute approximate surface area is 122 Å². The maximum Gasteiger partial charge on any atom is 0.224 e. The van der Waals surface area contributed by atoms with Crippen molar-refractivity contribution >= 4 is 17.3 Å². The van der Waals surface area contributed by atoms with E-state index in [4.69, 9.17) is 5.73 Å². The average Bonchev–Trinajstić information content (AvgIpc) is 2.41. The summed E-state index contributed by atoms with van der Waals surface area (Å²) in [5, 5.41) is 2.88. The average molecular weight is 277 g/mol. The second kappa shape index (κ2) is 8.59. The molecule has 4 heteroatoms. The van der Waals surface area contributed by atoms with Gasteiger partial charge in [-0.15, -0.1) is 0 Å². The highest BCUT2D eigenvalue weighted by molar-refractivity contribution is 5.90. The minimum Gasteiger partial charge on any atom is -0.399 e. The maximum atomic E-state index is 11.8. The van der Waals surface area contributed by atoms with Gasteiger partial charge in [0.25, 0.3) is 0 Å². The van der Waals surface area contributed by atoms with Crippen molar-refractivity contribution in [1.82, 2.24) is 4.90 Å². The third kappa shape index (κ3) is 6.06. The highest BCUT2D eigenvalue weighted by Crippen LogP contribution is 2.11. The van der Waals surface area contributed by atoms with Crippen LogP contribution in [0.5, 0.6) is 0 Å². The second-order valence-corrected chi connectivity index (χ2v) is 5.39. The molecule has 1 rings (SSSR count). The molecular formula is C16H27N3O. The normalized spacial score (nSPS) is 12.4. The Morgan fingerprint density at radius 3 is 2.60 bits per heavy atom. The predicted molar refractivity (Wildman–Crippen MR) is 85.7 cm³/mol. The fourth-order valence-corrected chi connectivity index (χ4v) is 2.14. The van der Waals surface area contributed by atoms with E-state index in [-0.39, 0.29) is 5.91 Å². The molecule has 1 aromatic carbocycles. The van der Waals surface area contributed by atoms with E-state index in [0.717, 1.165) is 18.7 Å². The molecule has 1 amide bonds. The van der Waals surface area contributed by atoms with E-state index in [1.807, 2.05) is 12.1 Å². The summed E-state index contributed by atoms with van der Waals surface area (Å²) in [4.78, 5) is 14.1. The van der Waals surface area contributed by atoms with E-state index >= 15 is 0 Å². The van der Waals surface area contributed by atoms with Crippen molar-refractivity contribution in [2.24, 2.45) is 0 Å². The summed E-state index contributed by atoms with van der Waals surface area (Å²) < 4.78 is 0. The molecular weight excluding hydrogens is 250 g/mol. The van der Waals surface area contributed by atoms with Crippen LogP contribution >= 0.6 is 0 Å². The van der Waals surface area contributed by atoms with E-state index in [1.54, 1.807) is 12.1 Å². The van der Waals surface area contributed by atoms with Crippen LogP contribution in [0.25, 0.3) is 0 Å². The summed E-state index contributed by atoms with van der Waals surface area (Å²) in [6.45, 7) is 5.39. The minimum absolute atomic E-state index is 0.0614. The van der Waals surface area contributed by atoms with Gasteiger partial charge in [-0.2, -0.15) is 0 Å². The zero-order chi connectivity index (χ0) is 15.0. The number of benzene rings is 1. The van der Waals surface area contributed by atoms with Gasteiger partial charge in [-0.05, 0) is 57.6 Å². The highest BCUT2D eigenvalue weighted by Gasteiger charge is 2.09. The first-order chi connectivity index (χ1) is 9.52. The van der Waals surface area contributed by atoms with Gasteiger partial charge >= 0.3 is 0 Å². The third-order valence-electron chi connectivity index (χ3n) is 3.57. The van der Waals surface area contributed by atoms with Crippen molar-refractivity contribution in [3.63, 3.8) is 0 Å². The zero-order valence-electron chi connectivity index (χ0n) is 12.9. The van der Waals surface area contributed by atoms with Crippen LogP contribution in [0.1, 0.15) is 39.5 Å². The van der Waals surface area contributed by atoms with Gasteiger partial charge in [0.2, 0.25) is 5.91 Å². The topological polar surface area (TPSA) is 58.4 Å². The molecule has 0 aliphatic heterocycles. The molecule has 0 spiro atoms. The number of amides is 1. The van der Waals surface area contributed by atoms with Crippen LogP contribution in [-0.2, 0) is 4.79 Å². The SMILES string of the molecule is CCCC(C)N(C)CCCC(=O)Nc1ccc(N)cc1. The largest absolute Gasteiger partial charge is 0.399 e. The molecule has 0 heterocycles. The van der Waals surface area contributed by atoms with Gasteiger partial charge in [0.1, 0.15) is 0 Å². The van der Waals surface area contributed by atoms with Crippen molar-refractivity contribution in [2.45, 2.75) is 45.6 Å². The molecule has 0 saturated carbocycles. The van der Waals surface area contributed by atoms with Crippen LogP contribution in [0.4, 0.5) is 11.4 Å². The summed E-state index contributed by atoms with van der Waals surface area (Å²) in [7, 11) is 2.12. The molecule has 112 valence electrons. The van der Waals surface area contributed by atoms with Gasteiger partial charge < -0.3 is 16.0 Å². The number of anilines is 2. The van der Waals surface area contributed by atoms with E-state index in [2.05, 4.69) is 31.1 Å². The number of rotatable bonds is 8. The second-order valence-electron chi connectivity index (χ2n) is 5.39. The first-order valence-electron chi connectivity index (χ1n) is 7.38. The Balaban J connectivity index is 2.25. The Kier molecular flexibility index (Phi) is 7.09. The van der Waals surface area contributed by atoms with Gasteiger partial charge in [0.15, 0.2) is 0 Å². The van der Waals surface area contributed by atoms with Crippen molar-refractivity contribution in [1.29, 1.82) is 0 Å². The van der Waals surface area contributed by atoms with Crippen molar-refractivity contribution in [3.05, 3.63) is 24.3 Å². The predicted octanol–water partition coefficient (Wildman–Crippen LogP) is 3.11. The Morgan fingerprint density at radius 1 is 1.35 bits per heavy atom. The number of hydrogen-bond donors (Lipinski definition) is 2. The van der Waals surface area contributed by atoms with E-state index in [0.29, 0.717) is 18.2 Å². The molecule has 1 atom stereocenters. The number of nitrogens with zero attached hydrogens (tertiary/aromatic N) is 1. The Morgan fingerprint density at radius 2 is 2.00 bits per heavy atom. The van der Waals surface area contributed by atoms with Gasteiger partial charge in [-0.3, -0.25) is 4.79 Å². The number of nitrogens with one attached hydrogen (secondary N) is 1. The molecule has 0 fully saturated rings. The van der Waals surface area contributed by atoms with Crippen LogP contribution in [0, 0.1) is 0 Å². The maximum absolute atomic E-state index is 11.8. The molecule has 0 aromatic heterocycles. The lowest BCUT2D eigenvalue weighted by Gasteiger charge is -2.24. The Hall–Kier alpha value is -1.55. The van der Waals surface area contributed by atoms with Crippen molar-refractivity contribution < 1.29 is 4.79 Å². The molecule has 0 saturated heterocycles. The molecule has 0 bridgehead atoms. The monoisotopic (exact) mass is 277 g/mol. The van der Waals surface area contributed by atoms with Crippen LogP contribution in [0.2, 0.25) is 0 Å². The first-order valence-corrected chi connectivity index (χ1v) is 7.38. The van der Waals surface area contributed by atoms with Crippen LogP contribution < -0.4 is 11.1 Å². The number of carbonyl (C=O) groups excluding carboxylic acids is 1. The molecule has 20 heavy (non-hydrogen) atoms. The summed E-state index contributed by atoms with van der Waals surface area (Å²) in [5.41, 5.74) is 7.11. The van der Waals surface area contributed by atoms with E-state index in [1.165, 1.54) is 12.8 Å². The summed E-state index contributed by atoms with van der Waals surface area (Å²) in [5.74, 6) is 0.0614. The van der Waals surface area contributed by atoms with Gasteiger partial charge in [0, 0.05) is 23.8 Å². The van der Waals surface area contributed by atoms with Gasteiger partial charge in [-0.1, -0.05) is 13.3 Å². The lowest BCUT2D eigenvalue weighted by Crippen LogP contribution is -2.30. The first kappa shape index (κ1) is 16.5. The molecule has 0 radical (unpaired) electrons. The fraction of sp³-hybridized carbons (Fsp3) is 0.562. The van der Waals surface area contributed by atoms with E-state index < -0.39 is 0 Å². The molecule has 0 aliphatic carbocycles. The number of hydrogen-bond acceptors (Lipinski definition) is 3. The molecule has 3 N–H and O–H groups in total. The molecule has 4 nitrogen and oxygen atoms in total. The van der Waals surface area contributed by atoms with Crippen LogP contribution in [-0.4, -0.2) is 30.4 Å². The molecule has 0 aliphatic rings. The lowest BCUT2D eigenvalue weighted by molar-refractivity contribution is -0.116. The lowest BCUT2D eigenvalue weighted by atomic mass is 10.1. The standard InChI is InChI=1S/C16H27N3O/c1-4-6-13(2)19(3)12-5-7-16(20)18-15-10-8-14(17)9-11-15/h8-11,13H,4-7,12,17H2,1-3H3,(H,18,20). The van der Waals surface area contributed by atoms with E-state index in [9.17, 15) is 4.79 Å². The summed E-state index contributed by atoms with van der Waals surface area (Å²) in [6, 6.07) is 7.80. The van der Waals surface area contributed by atoms with Crippen molar-refractivity contribution in [2.75, 3.05) is 24.6 Å². The van der Waals surface area contributed by atoms with Gasteiger partial charge in [0.05, 0.1) is 0 Å². The fourth-order valence-electron chi connectivity index (χ4n) is 2.14. The number of carbonyl (C=O) groups is 1. The van der Waals surface area contributed by atoms with Crippen LogP contribution in [0.15, 0.2) is 24.3 Å². The van der Waals surface area contributed by atoms with Crippen LogP contribution in [0.3, 0.4) is 0 Å². The summed E-state index contributed by atoms with van der Waals surface area (Å²) >= 11 is 0. The Bertz CT molecular complexity index is 403. The third-order valence-corrected chi connectivity index (χ3v) is 3.57. The zero-order valence-corrected chi connectivity index (χ0v) is 12.9. The number of nitrogens with two attached hydrogens (primary N) is 1. The molecule has 1 aromatic rings. The quantitative estimate of drug-likeness (QED) is 0.718. The van der Waals surface area contributed by atoms with Gasteiger partial charge in [-0.25, -0.2) is 0 Å². The highest BCUT2D eigenvalue weighted by atomic mass is 16.1.